The first-order chi connectivity index (χ1) is 18.2. The Labute approximate surface area is 219 Å². The molecular weight excluding hydrogens is 486 g/mol. The number of carbonyl (C=O) groups is 3. The van der Waals surface area contributed by atoms with E-state index in [1.807, 2.05) is 19.9 Å². The molecule has 0 bridgehead atoms. The van der Waals surface area contributed by atoms with Crippen molar-refractivity contribution in [1.82, 2.24) is 5.32 Å². The lowest BCUT2D eigenvalue weighted by molar-refractivity contribution is -0.175. The molecule has 0 aromatic heterocycles. The molecule has 0 spiro atoms. The summed E-state index contributed by atoms with van der Waals surface area (Å²) in [5, 5.41) is 14.5. The maximum Gasteiger partial charge on any atom is 0.293 e. The predicted molar refractivity (Wildman–Crippen MR) is 139 cm³/mol. The second kappa shape index (κ2) is 9.15. The van der Waals surface area contributed by atoms with Gasteiger partial charge in [0.1, 0.15) is 5.75 Å². The van der Waals surface area contributed by atoms with Crippen LogP contribution in [-0.2, 0) is 20.9 Å². The number of aliphatic hydroxyl groups is 1. The van der Waals surface area contributed by atoms with Crippen LogP contribution in [0.15, 0.2) is 66.7 Å². The van der Waals surface area contributed by atoms with E-state index in [4.69, 9.17) is 14.2 Å². The number of rotatable bonds is 7. The summed E-state index contributed by atoms with van der Waals surface area (Å²) >= 11 is 0. The Bertz CT molecular complexity index is 1510. The van der Waals surface area contributed by atoms with Gasteiger partial charge in [0.25, 0.3) is 11.7 Å². The highest BCUT2D eigenvalue weighted by molar-refractivity contribution is 6.42. The zero-order valence-electron chi connectivity index (χ0n) is 21.4. The molecule has 1 aliphatic heterocycles. The summed E-state index contributed by atoms with van der Waals surface area (Å²) in [7, 11) is 3.01. The molecule has 1 heterocycles. The molecule has 0 fully saturated rings. The van der Waals surface area contributed by atoms with Gasteiger partial charge in [0.15, 0.2) is 11.5 Å². The highest BCUT2D eigenvalue weighted by atomic mass is 16.6. The Morgan fingerprint density at radius 3 is 2.42 bits per heavy atom. The Kier molecular flexibility index (Phi) is 6.07. The van der Waals surface area contributed by atoms with E-state index in [9.17, 15) is 19.5 Å². The van der Waals surface area contributed by atoms with Crippen LogP contribution in [0.25, 0.3) is 6.08 Å². The molecule has 2 aliphatic rings. The van der Waals surface area contributed by atoms with E-state index < -0.39 is 28.8 Å². The van der Waals surface area contributed by atoms with Gasteiger partial charge in [-0.3, -0.25) is 14.4 Å². The van der Waals surface area contributed by atoms with Gasteiger partial charge in [0.05, 0.1) is 14.2 Å². The third kappa shape index (κ3) is 3.60. The minimum Gasteiger partial charge on any atom is -0.493 e. The highest BCUT2D eigenvalue weighted by Gasteiger charge is 2.71. The van der Waals surface area contributed by atoms with Gasteiger partial charge in [0.2, 0.25) is 17.1 Å². The number of ether oxygens (including phenoxy) is 3. The molecule has 5 rings (SSSR count). The highest BCUT2D eigenvalue weighted by Crippen LogP contribution is 2.58. The van der Waals surface area contributed by atoms with Crippen molar-refractivity contribution in [2.45, 2.75) is 31.1 Å². The van der Waals surface area contributed by atoms with Crippen LogP contribution in [0.2, 0.25) is 0 Å². The first kappa shape index (κ1) is 25.2. The standard InChI is InChI=1S/C30H27NO7/c1-17(2)19-11-12-22-25(16-19)38-30(35)21-8-6-5-7-20(21)27(33)29(22,30)31-28(34)23(32)13-9-18-10-14-24(36-3)26(15-18)37-4/h5-17,35H,1-4H3,(H,31,34). The molecule has 3 aromatic carbocycles. The van der Waals surface area contributed by atoms with Crippen LogP contribution in [0.3, 0.4) is 0 Å². The smallest absolute Gasteiger partial charge is 0.293 e. The molecule has 1 amide bonds. The number of carbonyl (C=O) groups excluding carboxylic acids is 3. The summed E-state index contributed by atoms with van der Waals surface area (Å²) in [5.41, 5.74) is 0.228. The number of methoxy groups -OCH3 is 2. The molecule has 194 valence electrons. The molecule has 3 aromatic rings. The van der Waals surface area contributed by atoms with Crippen molar-refractivity contribution >= 4 is 23.5 Å². The average molecular weight is 514 g/mol. The summed E-state index contributed by atoms with van der Waals surface area (Å²) in [6.45, 7) is 4.02. The Balaban J connectivity index is 1.51. The zero-order valence-corrected chi connectivity index (χ0v) is 21.4. The van der Waals surface area contributed by atoms with Crippen molar-refractivity contribution in [3.8, 4) is 17.2 Å². The Hall–Kier alpha value is -4.43. The van der Waals surface area contributed by atoms with Gasteiger partial charge >= 0.3 is 0 Å². The fourth-order valence-electron chi connectivity index (χ4n) is 5.07. The molecule has 2 atom stereocenters. The average Bonchev–Trinajstić information content (AvgIpc) is 3.28. The summed E-state index contributed by atoms with van der Waals surface area (Å²) in [5.74, 6) is -3.33. The van der Waals surface area contributed by atoms with E-state index in [-0.39, 0.29) is 28.4 Å². The number of Topliss-reactive ketones (excluding diaryl/α,β-unsaturated/α-hetero) is 1. The Morgan fingerprint density at radius 1 is 0.974 bits per heavy atom. The molecular formula is C30H27NO7. The van der Waals surface area contributed by atoms with E-state index >= 15 is 0 Å². The van der Waals surface area contributed by atoms with E-state index in [0.29, 0.717) is 17.1 Å². The number of benzene rings is 3. The molecule has 8 heteroatoms. The van der Waals surface area contributed by atoms with E-state index in [1.165, 1.54) is 20.3 Å². The van der Waals surface area contributed by atoms with Crippen molar-refractivity contribution in [3.63, 3.8) is 0 Å². The van der Waals surface area contributed by atoms with Crippen LogP contribution in [0, 0.1) is 0 Å². The van der Waals surface area contributed by atoms with E-state index in [2.05, 4.69) is 5.32 Å². The topological polar surface area (TPSA) is 111 Å². The van der Waals surface area contributed by atoms with Crippen LogP contribution < -0.4 is 19.5 Å². The molecule has 8 nitrogen and oxygen atoms in total. The quantitative estimate of drug-likeness (QED) is 0.365. The second-order valence-electron chi connectivity index (χ2n) is 9.55. The van der Waals surface area contributed by atoms with Crippen LogP contribution in [0.5, 0.6) is 17.2 Å². The molecule has 2 unspecified atom stereocenters. The van der Waals surface area contributed by atoms with Crippen LogP contribution in [0.4, 0.5) is 0 Å². The van der Waals surface area contributed by atoms with E-state index in [0.717, 1.165) is 11.6 Å². The van der Waals surface area contributed by atoms with Gasteiger partial charge < -0.3 is 24.6 Å². The first-order valence-corrected chi connectivity index (χ1v) is 12.1. The van der Waals surface area contributed by atoms with Crippen LogP contribution >= 0.6 is 0 Å². The van der Waals surface area contributed by atoms with Gasteiger partial charge in [0, 0.05) is 16.7 Å². The predicted octanol–water partition coefficient (Wildman–Crippen LogP) is 3.86. The summed E-state index contributed by atoms with van der Waals surface area (Å²) in [6.07, 6.45) is 2.55. The van der Waals surface area contributed by atoms with Gasteiger partial charge in [-0.2, -0.15) is 0 Å². The van der Waals surface area contributed by atoms with Crippen LogP contribution in [-0.4, -0.2) is 36.8 Å². The van der Waals surface area contributed by atoms with Gasteiger partial charge in [-0.1, -0.05) is 62.4 Å². The number of ketones is 2. The van der Waals surface area contributed by atoms with E-state index in [1.54, 1.807) is 54.6 Å². The number of nitrogens with one attached hydrogen (secondary N) is 1. The number of hydrogen-bond donors (Lipinski definition) is 2. The lowest BCUT2D eigenvalue weighted by Gasteiger charge is -2.34. The molecule has 0 saturated carbocycles. The van der Waals surface area contributed by atoms with Crippen molar-refractivity contribution in [3.05, 3.63) is 94.6 Å². The molecule has 2 N–H and O–H groups in total. The SMILES string of the molecule is COc1ccc(C=CC(=O)C(=O)NC23C(=O)c4ccccc4C2(O)Oc2cc(C(C)C)ccc23)cc1OC. The maximum atomic E-state index is 13.8. The largest absolute Gasteiger partial charge is 0.493 e. The first-order valence-electron chi connectivity index (χ1n) is 12.1. The monoisotopic (exact) mass is 513 g/mol. The Morgan fingerprint density at radius 2 is 1.71 bits per heavy atom. The third-order valence-electron chi connectivity index (χ3n) is 7.08. The summed E-state index contributed by atoms with van der Waals surface area (Å²) < 4.78 is 16.5. The van der Waals surface area contributed by atoms with Crippen LogP contribution in [0.1, 0.15) is 52.4 Å². The zero-order chi connectivity index (χ0) is 27.2. The lowest BCUT2D eigenvalue weighted by atomic mass is 9.82. The number of hydrogen-bond acceptors (Lipinski definition) is 7. The number of amides is 1. The van der Waals surface area contributed by atoms with Crippen molar-refractivity contribution in [2.24, 2.45) is 0 Å². The maximum absolute atomic E-state index is 13.8. The normalized spacial score (nSPS) is 21.1. The van der Waals surface area contributed by atoms with Gasteiger partial charge in [-0.25, -0.2) is 0 Å². The summed E-state index contributed by atoms with van der Waals surface area (Å²) in [4.78, 5) is 40.0. The summed E-state index contributed by atoms with van der Waals surface area (Å²) in [6, 6.07) is 16.7. The molecule has 38 heavy (non-hydrogen) atoms. The van der Waals surface area contributed by atoms with Crippen molar-refractivity contribution in [1.29, 1.82) is 0 Å². The molecule has 0 radical (unpaired) electrons. The molecule has 0 saturated heterocycles. The minimum atomic E-state index is -2.22. The fourth-order valence-corrected chi connectivity index (χ4v) is 5.07. The fraction of sp³-hybridized carbons (Fsp3) is 0.233. The van der Waals surface area contributed by atoms with Crippen molar-refractivity contribution < 1.29 is 33.7 Å². The lowest BCUT2D eigenvalue weighted by Crippen LogP contribution is -2.61. The van der Waals surface area contributed by atoms with Crippen molar-refractivity contribution in [2.75, 3.05) is 14.2 Å². The van der Waals surface area contributed by atoms with Gasteiger partial charge in [-0.05, 0) is 41.3 Å². The minimum absolute atomic E-state index is 0.163. The van der Waals surface area contributed by atoms with Gasteiger partial charge in [-0.15, -0.1) is 0 Å². The number of fused-ring (bicyclic) bond motifs is 5. The third-order valence-corrected chi connectivity index (χ3v) is 7.08. The second-order valence-corrected chi connectivity index (χ2v) is 9.55. The molecule has 1 aliphatic carbocycles.